The first-order valence-corrected chi connectivity index (χ1v) is 12.2. The first kappa shape index (κ1) is 24.6. The second-order valence-electron chi connectivity index (χ2n) is 9.84. The maximum absolute atomic E-state index is 13.7. The highest BCUT2D eigenvalue weighted by molar-refractivity contribution is 5.92. The number of rotatable bonds is 4. The summed E-state index contributed by atoms with van der Waals surface area (Å²) in [5.74, 6) is -2.40. The van der Waals surface area contributed by atoms with Gasteiger partial charge in [0.05, 0.1) is 5.60 Å². The lowest BCUT2D eigenvalue weighted by atomic mass is 9.77. The lowest BCUT2D eigenvalue weighted by Crippen LogP contribution is -2.48. The quantitative estimate of drug-likeness (QED) is 0.653. The van der Waals surface area contributed by atoms with Gasteiger partial charge in [-0.2, -0.15) is 0 Å². The lowest BCUT2D eigenvalue weighted by Gasteiger charge is -2.40. The number of urea groups is 1. The molecule has 2 aromatic rings. The van der Waals surface area contributed by atoms with Crippen molar-refractivity contribution in [2.45, 2.75) is 55.8 Å². The highest BCUT2D eigenvalue weighted by Gasteiger charge is 2.42. The molecule has 2 aliphatic heterocycles. The SMILES string of the molecule is O=C(NC1CCN(C2CCC(O)(c3ccc(F)cc3)CC2)C1)N1C(=O)OC[C@@H]1c1ccc(F)c(F)c1. The van der Waals surface area contributed by atoms with E-state index >= 15 is 0 Å². The maximum atomic E-state index is 13.7. The van der Waals surface area contributed by atoms with E-state index in [9.17, 15) is 27.9 Å². The molecule has 5 rings (SSSR count). The van der Waals surface area contributed by atoms with Gasteiger partial charge < -0.3 is 15.2 Å². The molecule has 2 aromatic carbocycles. The fraction of sp³-hybridized carbons (Fsp3) is 0.462. The molecule has 2 N–H and O–H groups in total. The average molecular weight is 504 g/mol. The summed E-state index contributed by atoms with van der Waals surface area (Å²) in [6, 6.07) is 7.84. The third-order valence-corrected chi connectivity index (χ3v) is 7.65. The van der Waals surface area contributed by atoms with Gasteiger partial charge in [-0.15, -0.1) is 0 Å². The summed E-state index contributed by atoms with van der Waals surface area (Å²) in [5.41, 5.74) is 0.0310. The number of ether oxygens (including phenoxy) is 1. The summed E-state index contributed by atoms with van der Waals surface area (Å²) in [5, 5.41) is 14.0. The van der Waals surface area contributed by atoms with Crippen LogP contribution in [0.3, 0.4) is 0 Å². The van der Waals surface area contributed by atoms with Crippen molar-refractivity contribution < 1.29 is 32.6 Å². The van der Waals surface area contributed by atoms with Crippen LogP contribution in [0.5, 0.6) is 0 Å². The minimum absolute atomic E-state index is 0.132. The fourth-order valence-electron chi connectivity index (χ4n) is 5.59. The number of imide groups is 1. The molecule has 3 amide bonds. The molecule has 3 fully saturated rings. The maximum Gasteiger partial charge on any atom is 0.418 e. The third-order valence-electron chi connectivity index (χ3n) is 7.65. The Balaban J connectivity index is 1.17. The smallest absolute Gasteiger partial charge is 0.418 e. The van der Waals surface area contributed by atoms with Gasteiger partial charge in [0.1, 0.15) is 18.5 Å². The van der Waals surface area contributed by atoms with Gasteiger partial charge in [0, 0.05) is 25.2 Å². The van der Waals surface area contributed by atoms with Crippen molar-refractivity contribution in [2.75, 3.05) is 19.7 Å². The van der Waals surface area contributed by atoms with E-state index in [2.05, 4.69) is 10.2 Å². The molecular weight excluding hydrogens is 475 g/mol. The molecule has 1 saturated carbocycles. The monoisotopic (exact) mass is 503 g/mol. The van der Waals surface area contributed by atoms with Crippen LogP contribution in [-0.2, 0) is 10.3 Å². The molecule has 2 heterocycles. The van der Waals surface area contributed by atoms with Crippen LogP contribution < -0.4 is 5.32 Å². The highest BCUT2D eigenvalue weighted by Crippen LogP contribution is 2.39. The van der Waals surface area contributed by atoms with Crippen molar-refractivity contribution in [2.24, 2.45) is 0 Å². The van der Waals surface area contributed by atoms with Crippen LogP contribution in [0, 0.1) is 17.5 Å². The van der Waals surface area contributed by atoms with Crippen molar-refractivity contribution in [1.82, 2.24) is 15.1 Å². The number of carbonyl (C=O) groups is 2. The first-order valence-electron chi connectivity index (χ1n) is 12.2. The molecule has 36 heavy (non-hydrogen) atoms. The molecule has 1 aliphatic carbocycles. The number of likely N-dealkylation sites (tertiary alicyclic amines) is 1. The zero-order valence-electron chi connectivity index (χ0n) is 19.6. The Hall–Kier alpha value is -3.11. The van der Waals surface area contributed by atoms with Crippen LogP contribution in [-0.4, -0.2) is 58.8 Å². The summed E-state index contributed by atoms with van der Waals surface area (Å²) < 4.78 is 45.3. The number of aliphatic hydroxyl groups is 1. The van der Waals surface area contributed by atoms with Crippen molar-refractivity contribution in [3.05, 3.63) is 71.0 Å². The van der Waals surface area contributed by atoms with E-state index in [1.54, 1.807) is 12.1 Å². The molecule has 3 aliphatic rings. The molecule has 0 aromatic heterocycles. The number of carbonyl (C=O) groups excluding carboxylic acids is 2. The van der Waals surface area contributed by atoms with Crippen molar-refractivity contribution in [3.63, 3.8) is 0 Å². The second kappa shape index (κ2) is 9.74. The molecule has 192 valence electrons. The molecule has 7 nitrogen and oxygen atoms in total. The zero-order chi connectivity index (χ0) is 25.4. The molecule has 2 saturated heterocycles. The van der Waals surface area contributed by atoms with E-state index in [-0.39, 0.29) is 30.1 Å². The molecular formula is C26H28F3N3O4. The number of hydrogen-bond acceptors (Lipinski definition) is 5. The summed E-state index contributed by atoms with van der Waals surface area (Å²) in [6.07, 6.45) is 2.53. The second-order valence-corrected chi connectivity index (χ2v) is 9.84. The number of hydrogen-bond donors (Lipinski definition) is 2. The van der Waals surface area contributed by atoms with Crippen LogP contribution in [0.25, 0.3) is 0 Å². The number of halogens is 3. The Morgan fingerprint density at radius 2 is 1.75 bits per heavy atom. The largest absolute Gasteiger partial charge is 0.446 e. The van der Waals surface area contributed by atoms with E-state index < -0.39 is 35.4 Å². The van der Waals surface area contributed by atoms with E-state index in [0.717, 1.165) is 42.0 Å². The van der Waals surface area contributed by atoms with Gasteiger partial charge in [0.2, 0.25) is 0 Å². The number of nitrogens with one attached hydrogen (secondary N) is 1. The van der Waals surface area contributed by atoms with Gasteiger partial charge in [-0.3, -0.25) is 4.90 Å². The fourth-order valence-corrected chi connectivity index (χ4v) is 5.59. The molecule has 0 spiro atoms. The summed E-state index contributed by atoms with van der Waals surface area (Å²) >= 11 is 0. The van der Waals surface area contributed by atoms with E-state index in [0.29, 0.717) is 25.8 Å². The molecule has 2 atom stereocenters. The Kier molecular flexibility index (Phi) is 6.65. The van der Waals surface area contributed by atoms with Crippen molar-refractivity contribution in [1.29, 1.82) is 0 Å². The molecule has 10 heteroatoms. The van der Waals surface area contributed by atoms with Gasteiger partial charge >= 0.3 is 12.1 Å². The van der Waals surface area contributed by atoms with Crippen LogP contribution in [0.4, 0.5) is 22.8 Å². The molecule has 1 unspecified atom stereocenters. The highest BCUT2D eigenvalue weighted by atomic mass is 19.2. The number of cyclic esters (lactones) is 1. The topological polar surface area (TPSA) is 82.1 Å². The van der Waals surface area contributed by atoms with E-state index in [1.807, 2.05) is 0 Å². The Morgan fingerprint density at radius 3 is 2.44 bits per heavy atom. The molecule has 0 radical (unpaired) electrons. The van der Waals surface area contributed by atoms with Crippen LogP contribution in [0.15, 0.2) is 42.5 Å². The number of benzene rings is 2. The Labute approximate surface area is 206 Å². The standard InChI is InChI=1S/C26H28F3N3O4/c27-18-4-2-17(3-5-18)26(35)10-7-20(8-11-26)31-12-9-19(14-31)30-24(33)32-23(15-36-25(32)34)16-1-6-21(28)22(29)13-16/h1-6,13,19-20,23,35H,7-12,14-15H2,(H,30,33)/t19?,20?,23-,26?/m1/s1. The number of nitrogens with zero attached hydrogens (tertiary/aromatic N) is 2. The number of amides is 3. The van der Waals surface area contributed by atoms with Gasteiger partial charge in [-0.05, 0) is 67.5 Å². The van der Waals surface area contributed by atoms with Crippen LogP contribution in [0.1, 0.15) is 49.3 Å². The first-order chi connectivity index (χ1) is 17.2. The van der Waals surface area contributed by atoms with Gasteiger partial charge in [-0.1, -0.05) is 18.2 Å². The van der Waals surface area contributed by atoms with Crippen molar-refractivity contribution >= 4 is 12.1 Å². The zero-order valence-corrected chi connectivity index (χ0v) is 19.6. The Morgan fingerprint density at radius 1 is 1.03 bits per heavy atom. The summed E-state index contributed by atoms with van der Waals surface area (Å²) in [7, 11) is 0. The lowest BCUT2D eigenvalue weighted by molar-refractivity contribution is -0.0223. The minimum Gasteiger partial charge on any atom is -0.446 e. The predicted molar refractivity (Wildman–Crippen MR) is 123 cm³/mol. The summed E-state index contributed by atoms with van der Waals surface area (Å²) in [4.78, 5) is 28.4. The van der Waals surface area contributed by atoms with Crippen molar-refractivity contribution in [3.8, 4) is 0 Å². The minimum atomic E-state index is -1.06. The van der Waals surface area contributed by atoms with Gasteiger partial charge in [0.15, 0.2) is 11.6 Å². The summed E-state index contributed by atoms with van der Waals surface area (Å²) in [6.45, 7) is 1.24. The Bertz CT molecular complexity index is 1140. The van der Waals surface area contributed by atoms with Crippen LogP contribution >= 0.6 is 0 Å². The predicted octanol–water partition coefficient (Wildman–Crippen LogP) is 4.21. The van der Waals surface area contributed by atoms with E-state index in [1.165, 1.54) is 18.2 Å². The normalized spacial score (nSPS) is 28.8. The van der Waals surface area contributed by atoms with E-state index in [4.69, 9.17) is 4.74 Å². The average Bonchev–Trinajstić information content (AvgIpc) is 3.48. The molecule has 0 bridgehead atoms. The van der Waals surface area contributed by atoms with Crippen LogP contribution in [0.2, 0.25) is 0 Å². The van der Waals surface area contributed by atoms with Gasteiger partial charge in [0.25, 0.3) is 0 Å². The third kappa shape index (κ3) is 4.79. The van der Waals surface area contributed by atoms with Gasteiger partial charge in [-0.25, -0.2) is 27.7 Å².